The third-order valence-electron chi connectivity index (χ3n) is 0.201. The molecule has 0 saturated heterocycles. The van der Waals surface area contributed by atoms with Gasteiger partial charge in [-0.15, -0.1) is 0 Å². The van der Waals surface area contributed by atoms with Crippen LogP contribution in [0, 0.1) is 0 Å². The number of carbonyl (C=O) groups is 1. The molecule has 0 spiro atoms. The molecule has 0 atom stereocenters. The Morgan fingerprint density at radius 2 is 2.00 bits per heavy atom. The predicted octanol–water partition coefficient (Wildman–Crippen LogP) is -0.991. The van der Waals surface area contributed by atoms with E-state index in [1.807, 2.05) is 0 Å². The Labute approximate surface area is 79.2 Å². The van der Waals surface area contributed by atoms with Crippen molar-refractivity contribution >= 4 is 57.3 Å². The van der Waals surface area contributed by atoms with Crippen molar-refractivity contribution in [2.45, 2.75) is 0 Å². The molecule has 0 aliphatic rings. The summed E-state index contributed by atoms with van der Waals surface area (Å²) < 4.78 is 0. The summed E-state index contributed by atoms with van der Waals surface area (Å²) >= 11 is 0. The van der Waals surface area contributed by atoms with Crippen LogP contribution in [0.3, 0.4) is 0 Å². The molecule has 0 rings (SSSR count). The predicted molar refractivity (Wildman–Crippen MR) is 26.5 cm³/mol. The van der Waals surface area contributed by atoms with Crippen molar-refractivity contribution in [2.24, 2.45) is 5.73 Å². The average molecular weight is 111 g/mol. The Balaban J connectivity index is 0. The number of hydrogen-bond donors (Lipinski definition) is 1. The monoisotopic (exact) mass is 111 g/mol. The second-order valence-electron chi connectivity index (χ2n) is 0.606. The van der Waals surface area contributed by atoms with Crippen LogP contribution in [0.4, 0.5) is 0 Å². The Morgan fingerprint density at radius 1 is 1.83 bits per heavy atom. The van der Waals surface area contributed by atoms with Crippen molar-refractivity contribution in [1.29, 1.82) is 0 Å². The Bertz CT molecular complexity index is 61.8. The number of hydrogen-bond acceptors (Lipinski definition) is 1. The first kappa shape index (κ1) is 9.96. The summed E-state index contributed by atoms with van der Waals surface area (Å²) in [6, 6.07) is 0. The molecule has 2 N–H and O–H groups in total. The molecule has 3 heteroatoms. The van der Waals surface area contributed by atoms with Crippen molar-refractivity contribution in [1.82, 2.24) is 0 Å². The van der Waals surface area contributed by atoms with Crippen molar-refractivity contribution in [3.63, 3.8) is 0 Å². The van der Waals surface area contributed by atoms with Gasteiger partial charge in [-0.25, -0.2) is 0 Å². The van der Waals surface area contributed by atoms with Gasteiger partial charge in [-0.3, -0.25) is 4.79 Å². The van der Waals surface area contributed by atoms with Crippen molar-refractivity contribution in [3.05, 3.63) is 12.7 Å². The Hall–Kier alpha value is 0.846. The molecule has 0 aromatic heterocycles. The summed E-state index contributed by atoms with van der Waals surface area (Å²) in [5.41, 5.74) is 4.53. The number of amides is 1. The third kappa shape index (κ3) is 8.85. The third-order valence-corrected chi connectivity index (χ3v) is 0.201. The molecule has 6 heavy (non-hydrogen) atoms. The van der Waals surface area contributed by atoms with Crippen molar-refractivity contribution in [3.8, 4) is 0 Å². The van der Waals surface area contributed by atoms with Crippen LogP contribution >= 0.6 is 0 Å². The fraction of sp³-hybridized carbons (Fsp3) is 0. The quantitative estimate of drug-likeness (QED) is 0.342. The van der Waals surface area contributed by atoms with Crippen LogP contribution in [0.15, 0.2) is 12.7 Å². The van der Waals surface area contributed by atoms with Gasteiger partial charge in [0, 0.05) is 0 Å². The summed E-state index contributed by atoms with van der Waals surface area (Å²) in [4.78, 5) is 9.47. The Morgan fingerprint density at radius 3 is 2.00 bits per heavy atom. The molecule has 0 aliphatic carbocycles. The van der Waals surface area contributed by atoms with E-state index in [2.05, 4.69) is 12.3 Å². The summed E-state index contributed by atoms with van der Waals surface area (Å²) in [6.07, 6.45) is 1.06. The zero-order valence-corrected chi connectivity index (χ0v) is 2.77. The van der Waals surface area contributed by atoms with Gasteiger partial charge in [0.1, 0.15) is 0 Å². The second kappa shape index (κ2) is 5.85. The van der Waals surface area contributed by atoms with Gasteiger partial charge in [0.05, 0.1) is 0 Å². The van der Waals surface area contributed by atoms with Crippen LogP contribution < -0.4 is 5.73 Å². The normalized spacial score (nSPS) is 5.33. The molecule has 1 amide bonds. The standard InChI is InChI=1S/C3H5NO.K.H/c1-2-3(4)5;;/h2H,1H2,(H2,4,5);;. The first-order chi connectivity index (χ1) is 2.27. The molecule has 0 heterocycles. The van der Waals surface area contributed by atoms with E-state index in [-0.39, 0.29) is 51.4 Å². The van der Waals surface area contributed by atoms with Gasteiger partial charge in [-0.1, -0.05) is 6.58 Å². The van der Waals surface area contributed by atoms with E-state index in [0.29, 0.717) is 0 Å². The van der Waals surface area contributed by atoms with Crippen LogP contribution in [-0.2, 0) is 4.79 Å². The molecular weight excluding hydrogens is 105 g/mol. The fourth-order valence-electron chi connectivity index (χ4n) is 0. The molecule has 0 bridgehead atoms. The van der Waals surface area contributed by atoms with Crippen LogP contribution in [0.2, 0.25) is 0 Å². The second-order valence-corrected chi connectivity index (χ2v) is 0.606. The first-order valence-electron chi connectivity index (χ1n) is 1.19. The molecule has 0 aromatic rings. The fourth-order valence-corrected chi connectivity index (χ4v) is 0. The van der Waals surface area contributed by atoms with Crippen LogP contribution in [-0.4, -0.2) is 57.3 Å². The molecule has 2 nitrogen and oxygen atoms in total. The van der Waals surface area contributed by atoms with E-state index in [0.717, 1.165) is 6.08 Å². The van der Waals surface area contributed by atoms with Crippen molar-refractivity contribution in [2.75, 3.05) is 0 Å². The van der Waals surface area contributed by atoms with E-state index in [1.54, 1.807) is 0 Å². The molecular formula is C3H6KNO. The van der Waals surface area contributed by atoms with E-state index < -0.39 is 5.91 Å². The maximum atomic E-state index is 9.47. The molecule has 0 unspecified atom stereocenters. The average Bonchev–Trinajstić information content (AvgIpc) is 1.38. The van der Waals surface area contributed by atoms with Gasteiger partial charge in [-0.2, -0.15) is 0 Å². The minimum absolute atomic E-state index is 0. The van der Waals surface area contributed by atoms with Crippen LogP contribution in [0.25, 0.3) is 0 Å². The van der Waals surface area contributed by atoms with Gasteiger partial charge in [-0.05, 0) is 6.08 Å². The van der Waals surface area contributed by atoms with Gasteiger partial charge < -0.3 is 5.73 Å². The summed E-state index contributed by atoms with van der Waals surface area (Å²) in [5.74, 6) is -0.481. The van der Waals surface area contributed by atoms with Crippen LogP contribution in [0.1, 0.15) is 0 Å². The van der Waals surface area contributed by atoms with E-state index in [9.17, 15) is 4.79 Å². The zero-order valence-electron chi connectivity index (χ0n) is 2.77. The molecule has 0 radical (unpaired) electrons. The van der Waals surface area contributed by atoms with E-state index >= 15 is 0 Å². The summed E-state index contributed by atoms with van der Waals surface area (Å²) in [6.45, 7) is 3.09. The molecule has 0 aliphatic heterocycles. The number of carbonyl (C=O) groups excluding carboxylic acids is 1. The maximum absolute atomic E-state index is 9.47. The molecule has 0 fully saturated rings. The van der Waals surface area contributed by atoms with Crippen LogP contribution in [0.5, 0.6) is 0 Å². The summed E-state index contributed by atoms with van der Waals surface area (Å²) in [7, 11) is 0. The molecule has 30 valence electrons. The topological polar surface area (TPSA) is 43.1 Å². The molecule has 0 saturated carbocycles. The van der Waals surface area contributed by atoms with Gasteiger partial charge >= 0.3 is 51.4 Å². The van der Waals surface area contributed by atoms with E-state index in [4.69, 9.17) is 0 Å². The molecule has 0 aromatic carbocycles. The van der Waals surface area contributed by atoms with E-state index in [1.165, 1.54) is 0 Å². The van der Waals surface area contributed by atoms with Crippen molar-refractivity contribution < 1.29 is 4.79 Å². The Kier molecular flexibility index (Phi) is 9.71. The summed E-state index contributed by atoms with van der Waals surface area (Å²) in [5, 5.41) is 0. The zero-order chi connectivity index (χ0) is 4.28. The van der Waals surface area contributed by atoms with Gasteiger partial charge in [0.25, 0.3) is 0 Å². The number of nitrogens with two attached hydrogens (primary N) is 1. The minimum atomic E-state index is -0.481. The van der Waals surface area contributed by atoms with Gasteiger partial charge in [0.2, 0.25) is 5.91 Å². The SMILES string of the molecule is C=CC(N)=O.[KH]. The number of primary amides is 1. The first-order valence-corrected chi connectivity index (χ1v) is 1.19. The number of rotatable bonds is 1. The van der Waals surface area contributed by atoms with Gasteiger partial charge in [0.15, 0.2) is 0 Å².